The lowest BCUT2D eigenvalue weighted by Crippen LogP contribution is -2.22. The zero-order valence-corrected chi connectivity index (χ0v) is 16.3. The highest BCUT2D eigenvalue weighted by Crippen LogP contribution is 2.21. The van der Waals surface area contributed by atoms with Gasteiger partial charge in [-0.15, -0.1) is 0 Å². The Morgan fingerprint density at radius 2 is 1.71 bits per heavy atom. The number of H-pyrrole nitrogens is 1. The number of benzene rings is 3. The number of carboxylic acids is 1. The number of para-hydroxylation sites is 2. The Balaban J connectivity index is 1.73. The standard InChI is InChI=1S/C25H17N3O3/c29-24-20-9-2-4-11-22(20)27-23(28(24)18-7-5-6-16(14-18)25(30)31)13-12-17-15-26-21-10-3-1-8-19(17)21/h1-15,26H,(H,30,31). The molecule has 0 saturated carbocycles. The molecule has 31 heavy (non-hydrogen) atoms. The molecule has 3 aromatic carbocycles. The molecule has 2 heterocycles. The first-order chi connectivity index (χ1) is 15.1. The lowest BCUT2D eigenvalue weighted by molar-refractivity contribution is 0.0697. The number of rotatable bonds is 4. The average Bonchev–Trinajstić information content (AvgIpc) is 3.21. The van der Waals surface area contributed by atoms with Crippen molar-refractivity contribution in [2.75, 3.05) is 0 Å². The summed E-state index contributed by atoms with van der Waals surface area (Å²) in [5.74, 6) is -0.643. The molecule has 0 spiro atoms. The molecule has 0 radical (unpaired) electrons. The quantitative estimate of drug-likeness (QED) is 0.451. The third-order valence-electron chi connectivity index (χ3n) is 5.19. The molecule has 5 rings (SSSR count). The van der Waals surface area contributed by atoms with E-state index in [0.717, 1.165) is 16.5 Å². The van der Waals surface area contributed by atoms with Crippen LogP contribution in [0, 0.1) is 0 Å². The Kier molecular flexibility index (Phi) is 4.45. The second-order valence-electron chi connectivity index (χ2n) is 7.11. The van der Waals surface area contributed by atoms with E-state index in [-0.39, 0.29) is 11.1 Å². The predicted octanol–water partition coefficient (Wildman–Crippen LogP) is 4.74. The monoisotopic (exact) mass is 407 g/mol. The minimum atomic E-state index is -1.06. The summed E-state index contributed by atoms with van der Waals surface area (Å²) in [6, 6.07) is 21.3. The predicted molar refractivity (Wildman–Crippen MR) is 122 cm³/mol. The van der Waals surface area contributed by atoms with Crippen LogP contribution in [-0.4, -0.2) is 25.6 Å². The number of hydrogen-bond acceptors (Lipinski definition) is 3. The zero-order valence-electron chi connectivity index (χ0n) is 16.3. The molecule has 150 valence electrons. The van der Waals surface area contributed by atoms with Gasteiger partial charge in [-0.05, 0) is 54.1 Å². The lowest BCUT2D eigenvalue weighted by atomic mass is 10.1. The largest absolute Gasteiger partial charge is 0.478 e. The number of aromatic nitrogens is 3. The number of carbonyl (C=O) groups is 1. The fourth-order valence-corrected chi connectivity index (χ4v) is 3.69. The summed E-state index contributed by atoms with van der Waals surface area (Å²) in [5.41, 5.74) is 2.85. The van der Waals surface area contributed by atoms with Crippen LogP contribution in [-0.2, 0) is 0 Å². The summed E-state index contributed by atoms with van der Waals surface area (Å²) in [6.45, 7) is 0. The molecule has 0 saturated heterocycles. The summed E-state index contributed by atoms with van der Waals surface area (Å²) in [7, 11) is 0. The van der Waals surface area contributed by atoms with Crippen molar-refractivity contribution in [2.24, 2.45) is 0 Å². The van der Waals surface area contributed by atoms with Crippen LogP contribution < -0.4 is 5.56 Å². The Labute approximate surface area is 176 Å². The van der Waals surface area contributed by atoms with Gasteiger partial charge >= 0.3 is 5.97 Å². The van der Waals surface area contributed by atoms with E-state index < -0.39 is 5.97 Å². The van der Waals surface area contributed by atoms with Gasteiger partial charge in [0.25, 0.3) is 5.56 Å². The SMILES string of the molecule is O=C(O)c1cccc(-n2c(C=Cc3c[nH]c4ccccc34)nc3ccccc3c2=O)c1. The average molecular weight is 407 g/mol. The first kappa shape index (κ1) is 18.6. The molecule has 0 bridgehead atoms. The van der Waals surface area contributed by atoms with Gasteiger partial charge in [0.05, 0.1) is 22.2 Å². The maximum atomic E-state index is 13.3. The Morgan fingerprint density at radius 3 is 2.55 bits per heavy atom. The first-order valence-corrected chi connectivity index (χ1v) is 9.71. The van der Waals surface area contributed by atoms with Crippen LogP contribution in [0.25, 0.3) is 39.6 Å². The normalized spacial score (nSPS) is 11.5. The number of fused-ring (bicyclic) bond motifs is 2. The maximum absolute atomic E-state index is 13.3. The maximum Gasteiger partial charge on any atom is 0.335 e. The highest BCUT2D eigenvalue weighted by atomic mass is 16.4. The second kappa shape index (κ2) is 7.42. The van der Waals surface area contributed by atoms with Gasteiger partial charge in [-0.2, -0.15) is 0 Å². The molecule has 0 aliphatic rings. The number of nitrogens with one attached hydrogen (secondary N) is 1. The van der Waals surface area contributed by atoms with Gasteiger partial charge in [-0.25, -0.2) is 9.78 Å². The first-order valence-electron chi connectivity index (χ1n) is 9.71. The lowest BCUT2D eigenvalue weighted by Gasteiger charge is -2.12. The van der Waals surface area contributed by atoms with Crippen molar-refractivity contribution in [1.29, 1.82) is 0 Å². The number of carboxylic acid groups (broad SMARTS) is 1. The van der Waals surface area contributed by atoms with Gasteiger partial charge in [-0.1, -0.05) is 36.4 Å². The summed E-state index contributed by atoms with van der Waals surface area (Å²) in [6.07, 6.45) is 5.57. The van der Waals surface area contributed by atoms with E-state index in [0.29, 0.717) is 22.4 Å². The summed E-state index contributed by atoms with van der Waals surface area (Å²) in [5, 5.41) is 10.9. The molecule has 0 aliphatic carbocycles. The van der Waals surface area contributed by atoms with Crippen LogP contribution in [0.4, 0.5) is 0 Å². The van der Waals surface area contributed by atoms with Crippen molar-refractivity contribution in [1.82, 2.24) is 14.5 Å². The molecule has 5 aromatic rings. The summed E-state index contributed by atoms with van der Waals surface area (Å²) >= 11 is 0. The van der Waals surface area contributed by atoms with Gasteiger partial charge in [0, 0.05) is 17.1 Å². The number of aromatic amines is 1. The van der Waals surface area contributed by atoms with Crippen LogP contribution in [0.2, 0.25) is 0 Å². The zero-order chi connectivity index (χ0) is 21.4. The minimum Gasteiger partial charge on any atom is -0.478 e. The minimum absolute atomic E-state index is 0.101. The topological polar surface area (TPSA) is 88.0 Å². The molecule has 6 heteroatoms. The molecule has 0 amide bonds. The smallest absolute Gasteiger partial charge is 0.335 e. The number of nitrogens with zero attached hydrogens (tertiary/aromatic N) is 2. The van der Waals surface area contributed by atoms with Gasteiger partial charge in [0.15, 0.2) is 0 Å². The molecular weight excluding hydrogens is 390 g/mol. The Morgan fingerprint density at radius 1 is 0.935 bits per heavy atom. The summed E-state index contributed by atoms with van der Waals surface area (Å²) < 4.78 is 1.44. The van der Waals surface area contributed by atoms with Crippen molar-refractivity contribution >= 4 is 39.9 Å². The molecule has 0 fully saturated rings. The van der Waals surface area contributed by atoms with Crippen LogP contribution in [0.5, 0.6) is 0 Å². The van der Waals surface area contributed by atoms with Crippen molar-refractivity contribution in [3.05, 3.63) is 106 Å². The number of aromatic carboxylic acids is 1. The van der Waals surface area contributed by atoms with Crippen molar-refractivity contribution in [3.63, 3.8) is 0 Å². The van der Waals surface area contributed by atoms with Gasteiger partial charge in [-0.3, -0.25) is 9.36 Å². The van der Waals surface area contributed by atoms with Crippen molar-refractivity contribution in [3.8, 4) is 5.69 Å². The Hall–Kier alpha value is -4.45. The van der Waals surface area contributed by atoms with Crippen LogP contribution in [0.3, 0.4) is 0 Å². The Bertz CT molecular complexity index is 1540. The molecule has 6 nitrogen and oxygen atoms in total. The van der Waals surface area contributed by atoms with E-state index >= 15 is 0 Å². The van der Waals surface area contributed by atoms with E-state index in [1.165, 1.54) is 16.7 Å². The van der Waals surface area contributed by atoms with Crippen LogP contribution >= 0.6 is 0 Å². The highest BCUT2D eigenvalue weighted by molar-refractivity contribution is 5.92. The fourth-order valence-electron chi connectivity index (χ4n) is 3.69. The van der Waals surface area contributed by atoms with E-state index in [1.807, 2.05) is 42.6 Å². The third-order valence-corrected chi connectivity index (χ3v) is 5.19. The third kappa shape index (κ3) is 3.30. The van der Waals surface area contributed by atoms with Crippen LogP contribution in [0.1, 0.15) is 21.7 Å². The van der Waals surface area contributed by atoms with Gasteiger partial charge < -0.3 is 10.1 Å². The summed E-state index contributed by atoms with van der Waals surface area (Å²) in [4.78, 5) is 32.7. The van der Waals surface area contributed by atoms with E-state index in [2.05, 4.69) is 9.97 Å². The molecule has 2 N–H and O–H groups in total. The van der Waals surface area contributed by atoms with Gasteiger partial charge in [0.1, 0.15) is 5.82 Å². The van der Waals surface area contributed by atoms with Crippen molar-refractivity contribution < 1.29 is 9.90 Å². The van der Waals surface area contributed by atoms with E-state index in [1.54, 1.807) is 36.4 Å². The molecular formula is C25H17N3O3. The molecule has 0 unspecified atom stereocenters. The van der Waals surface area contributed by atoms with Crippen molar-refractivity contribution in [2.45, 2.75) is 0 Å². The fraction of sp³-hybridized carbons (Fsp3) is 0. The van der Waals surface area contributed by atoms with Gasteiger partial charge in [0.2, 0.25) is 0 Å². The number of hydrogen-bond donors (Lipinski definition) is 2. The molecule has 0 atom stereocenters. The molecule has 2 aromatic heterocycles. The molecule has 0 aliphatic heterocycles. The van der Waals surface area contributed by atoms with Crippen LogP contribution in [0.15, 0.2) is 83.8 Å². The van der Waals surface area contributed by atoms with E-state index in [9.17, 15) is 14.7 Å². The highest BCUT2D eigenvalue weighted by Gasteiger charge is 2.13. The van der Waals surface area contributed by atoms with E-state index in [4.69, 9.17) is 0 Å². The second-order valence-corrected chi connectivity index (χ2v) is 7.11.